The third-order valence-electron chi connectivity index (χ3n) is 9.70. The van der Waals surface area contributed by atoms with E-state index in [4.69, 9.17) is 15.0 Å². The number of para-hydroxylation sites is 1. The second-order valence-corrected chi connectivity index (χ2v) is 14.0. The summed E-state index contributed by atoms with van der Waals surface area (Å²) in [7, 11) is 0. The topological polar surface area (TPSA) is 43.6 Å². The van der Waals surface area contributed by atoms with E-state index in [2.05, 4.69) is 115 Å². The zero-order chi connectivity index (χ0) is 33.9. The maximum Gasteiger partial charge on any atom is 0.164 e. The molecule has 0 atom stereocenters. The van der Waals surface area contributed by atoms with Crippen molar-refractivity contribution in [3.05, 3.63) is 169 Å². The van der Waals surface area contributed by atoms with Crippen LogP contribution in [-0.2, 0) is 0 Å². The zero-order valence-electron chi connectivity index (χ0n) is 27.8. The molecule has 0 spiro atoms. The predicted octanol–water partition coefficient (Wildman–Crippen LogP) is 12.3. The highest BCUT2D eigenvalue weighted by Gasteiger charge is 2.21. The SMILES string of the molecule is Cc1cccc(-c2cc(-c3nc(-c4ccccc4)nc(-c4ccccc4)n3)ccc2-n2c3ccccc3c3ccc4c5ccccc5sc4c32)c1. The Morgan fingerprint density at radius 2 is 1.06 bits per heavy atom. The monoisotopic (exact) mass is 670 g/mol. The van der Waals surface area contributed by atoms with E-state index in [1.165, 1.54) is 47.5 Å². The van der Waals surface area contributed by atoms with Gasteiger partial charge >= 0.3 is 0 Å². The lowest BCUT2D eigenvalue weighted by Crippen LogP contribution is -2.02. The Kier molecular flexibility index (Phi) is 6.86. The van der Waals surface area contributed by atoms with Gasteiger partial charge in [-0.15, -0.1) is 11.3 Å². The van der Waals surface area contributed by atoms with Crippen molar-refractivity contribution in [1.29, 1.82) is 0 Å². The first-order valence-electron chi connectivity index (χ1n) is 17.1. The van der Waals surface area contributed by atoms with Crippen LogP contribution in [0.3, 0.4) is 0 Å². The smallest absolute Gasteiger partial charge is 0.164 e. The molecule has 0 saturated carbocycles. The fraction of sp³-hybridized carbons (Fsp3) is 0.0217. The molecule has 0 fully saturated rings. The van der Waals surface area contributed by atoms with Crippen LogP contribution in [0, 0.1) is 6.92 Å². The van der Waals surface area contributed by atoms with E-state index in [-0.39, 0.29) is 0 Å². The minimum absolute atomic E-state index is 0.636. The Morgan fingerprint density at radius 3 is 1.78 bits per heavy atom. The lowest BCUT2D eigenvalue weighted by molar-refractivity contribution is 1.07. The van der Waals surface area contributed by atoms with E-state index in [9.17, 15) is 0 Å². The summed E-state index contributed by atoms with van der Waals surface area (Å²) in [6, 6.07) is 57.8. The number of aromatic nitrogens is 4. The molecule has 0 saturated heterocycles. The minimum atomic E-state index is 0.636. The Morgan fingerprint density at radius 1 is 0.451 bits per heavy atom. The third kappa shape index (κ3) is 4.93. The molecule has 0 aliphatic heterocycles. The van der Waals surface area contributed by atoms with Crippen LogP contribution in [0.25, 0.3) is 93.0 Å². The van der Waals surface area contributed by atoms with Crippen LogP contribution in [0.1, 0.15) is 5.56 Å². The second-order valence-electron chi connectivity index (χ2n) is 12.9. The van der Waals surface area contributed by atoms with Crippen molar-refractivity contribution >= 4 is 53.3 Å². The standard InChI is InChI=1S/C46H30N4S/c1-29-13-12-18-32(27-29)38-28-33(46-48-44(30-14-4-2-5-15-30)47-45(49-46)31-16-6-3-7-17-31)23-26-40(38)50-39-21-10-8-19-34(39)36-24-25-37-35-20-9-11-22-41(35)51-43(37)42(36)50/h2-28H,1H3. The van der Waals surface area contributed by atoms with Gasteiger partial charge in [-0.05, 0) is 42.8 Å². The molecular weight excluding hydrogens is 641 g/mol. The molecule has 0 aliphatic carbocycles. The van der Waals surface area contributed by atoms with Gasteiger partial charge in [0.25, 0.3) is 0 Å². The average Bonchev–Trinajstić information content (AvgIpc) is 3.74. The molecule has 10 aromatic rings. The molecule has 240 valence electrons. The highest BCUT2D eigenvalue weighted by molar-refractivity contribution is 7.26. The van der Waals surface area contributed by atoms with Crippen LogP contribution >= 0.6 is 11.3 Å². The number of benzene rings is 7. The molecule has 7 aromatic carbocycles. The molecule has 0 unspecified atom stereocenters. The number of aryl methyl sites for hydroxylation is 1. The van der Waals surface area contributed by atoms with Gasteiger partial charge in [0.05, 0.1) is 21.4 Å². The van der Waals surface area contributed by atoms with Crippen molar-refractivity contribution in [1.82, 2.24) is 19.5 Å². The van der Waals surface area contributed by atoms with Gasteiger partial charge in [0.15, 0.2) is 17.5 Å². The van der Waals surface area contributed by atoms with Gasteiger partial charge in [0.2, 0.25) is 0 Å². The highest BCUT2D eigenvalue weighted by atomic mass is 32.1. The van der Waals surface area contributed by atoms with Crippen molar-refractivity contribution in [2.45, 2.75) is 6.92 Å². The molecule has 0 bridgehead atoms. The quantitative estimate of drug-likeness (QED) is 0.183. The zero-order valence-corrected chi connectivity index (χ0v) is 28.6. The van der Waals surface area contributed by atoms with Crippen LogP contribution in [0.4, 0.5) is 0 Å². The van der Waals surface area contributed by atoms with Gasteiger partial charge in [-0.25, -0.2) is 15.0 Å². The van der Waals surface area contributed by atoms with Gasteiger partial charge in [0.1, 0.15) is 0 Å². The summed E-state index contributed by atoms with van der Waals surface area (Å²) in [5.41, 5.74) is 9.81. The molecule has 5 heteroatoms. The summed E-state index contributed by atoms with van der Waals surface area (Å²) < 4.78 is 5.06. The molecule has 0 amide bonds. The van der Waals surface area contributed by atoms with E-state index in [0.29, 0.717) is 17.5 Å². The van der Waals surface area contributed by atoms with Crippen LogP contribution < -0.4 is 0 Å². The van der Waals surface area contributed by atoms with E-state index in [1.807, 2.05) is 72.0 Å². The summed E-state index contributed by atoms with van der Waals surface area (Å²) >= 11 is 1.87. The second kappa shape index (κ2) is 11.9. The van der Waals surface area contributed by atoms with Crippen LogP contribution in [0.5, 0.6) is 0 Å². The first kappa shape index (κ1) is 29.5. The fourth-order valence-corrected chi connectivity index (χ4v) is 8.57. The Hall–Kier alpha value is -6.43. The number of hydrogen-bond acceptors (Lipinski definition) is 4. The van der Waals surface area contributed by atoms with Gasteiger partial charge in [-0.2, -0.15) is 0 Å². The summed E-state index contributed by atoms with van der Waals surface area (Å²) in [5.74, 6) is 1.93. The molecule has 10 rings (SSSR count). The van der Waals surface area contributed by atoms with Crippen molar-refractivity contribution in [2.24, 2.45) is 0 Å². The summed E-state index contributed by atoms with van der Waals surface area (Å²) in [4.78, 5) is 15.1. The number of fused-ring (bicyclic) bond motifs is 7. The van der Waals surface area contributed by atoms with Gasteiger partial charge in [0, 0.05) is 48.5 Å². The number of thiophene rings is 1. The average molecular weight is 671 g/mol. The van der Waals surface area contributed by atoms with Gasteiger partial charge < -0.3 is 4.57 Å². The third-order valence-corrected chi connectivity index (χ3v) is 10.9. The summed E-state index contributed by atoms with van der Waals surface area (Å²) in [6.07, 6.45) is 0. The molecule has 0 aliphatic rings. The highest BCUT2D eigenvalue weighted by Crippen LogP contribution is 2.44. The van der Waals surface area contributed by atoms with E-state index in [0.717, 1.165) is 33.5 Å². The Bertz CT molecular complexity index is 2870. The number of rotatable bonds is 5. The summed E-state index contributed by atoms with van der Waals surface area (Å²) in [5, 5.41) is 5.07. The Labute approximate surface area is 299 Å². The van der Waals surface area contributed by atoms with Crippen LogP contribution in [0.2, 0.25) is 0 Å². The van der Waals surface area contributed by atoms with Crippen molar-refractivity contribution in [3.8, 4) is 51.0 Å². The largest absolute Gasteiger partial charge is 0.307 e. The molecule has 0 N–H and O–H groups in total. The van der Waals surface area contributed by atoms with E-state index in [1.54, 1.807) is 0 Å². The maximum atomic E-state index is 5.08. The minimum Gasteiger partial charge on any atom is -0.307 e. The predicted molar refractivity (Wildman–Crippen MR) is 214 cm³/mol. The Balaban J connectivity index is 1.27. The first-order valence-corrected chi connectivity index (χ1v) is 17.9. The van der Waals surface area contributed by atoms with Crippen molar-refractivity contribution in [3.63, 3.8) is 0 Å². The molecule has 3 heterocycles. The fourth-order valence-electron chi connectivity index (χ4n) is 7.33. The van der Waals surface area contributed by atoms with E-state index >= 15 is 0 Å². The van der Waals surface area contributed by atoms with E-state index < -0.39 is 0 Å². The normalized spacial score (nSPS) is 11.6. The first-order chi connectivity index (χ1) is 25.2. The van der Waals surface area contributed by atoms with Gasteiger partial charge in [-0.3, -0.25) is 0 Å². The van der Waals surface area contributed by atoms with Crippen molar-refractivity contribution < 1.29 is 0 Å². The molecule has 3 aromatic heterocycles. The molecular formula is C46H30N4S. The molecule has 4 nitrogen and oxygen atoms in total. The maximum absolute atomic E-state index is 5.08. The summed E-state index contributed by atoms with van der Waals surface area (Å²) in [6.45, 7) is 2.15. The number of nitrogens with zero attached hydrogens (tertiary/aromatic N) is 4. The van der Waals surface area contributed by atoms with Crippen LogP contribution in [-0.4, -0.2) is 19.5 Å². The van der Waals surface area contributed by atoms with Gasteiger partial charge in [-0.1, -0.05) is 139 Å². The number of hydrogen-bond donors (Lipinski definition) is 0. The van der Waals surface area contributed by atoms with Crippen molar-refractivity contribution in [2.75, 3.05) is 0 Å². The van der Waals surface area contributed by atoms with Crippen LogP contribution in [0.15, 0.2) is 164 Å². The lowest BCUT2D eigenvalue weighted by Gasteiger charge is -2.17. The molecule has 51 heavy (non-hydrogen) atoms. The molecule has 0 radical (unpaired) electrons. The lowest BCUT2D eigenvalue weighted by atomic mass is 9.98.